The van der Waals surface area contributed by atoms with E-state index in [1.807, 2.05) is 24.3 Å². The lowest BCUT2D eigenvalue weighted by molar-refractivity contribution is -0.145. The van der Waals surface area contributed by atoms with Gasteiger partial charge >= 0.3 is 5.97 Å². The van der Waals surface area contributed by atoms with Gasteiger partial charge in [0.15, 0.2) is 0 Å². The SMILES string of the molecule is CCN(CC(=O)O)C(=O)C1CNCc2ccccc21. The van der Waals surface area contributed by atoms with Crippen LogP contribution in [0.4, 0.5) is 0 Å². The van der Waals surface area contributed by atoms with E-state index in [9.17, 15) is 9.59 Å². The Kier molecular flexibility index (Phi) is 4.16. The molecule has 1 atom stereocenters. The standard InChI is InChI=1S/C14H18N2O3/c1-2-16(9-13(17)18)14(19)12-8-15-7-10-5-3-4-6-11(10)12/h3-6,12,15H,2,7-9H2,1H3,(H,17,18). The number of carbonyl (C=O) groups is 2. The fourth-order valence-corrected chi connectivity index (χ4v) is 2.45. The van der Waals surface area contributed by atoms with Crippen LogP contribution in [-0.2, 0) is 16.1 Å². The van der Waals surface area contributed by atoms with Gasteiger partial charge in [0.25, 0.3) is 0 Å². The Morgan fingerprint density at radius 3 is 2.84 bits per heavy atom. The first kappa shape index (κ1) is 13.5. The molecule has 5 heteroatoms. The molecule has 1 aliphatic heterocycles. The predicted molar refractivity (Wildman–Crippen MR) is 70.8 cm³/mol. The molecule has 1 heterocycles. The second-order valence-corrected chi connectivity index (χ2v) is 4.63. The molecule has 1 aromatic rings. The molecule has 5 nitrogen and oxygen atoms in total. The number of nitrogens with zero attached hydrogens (tertiary/aromatic N) is 1. The van der Waals surface area contributed by atoms with Gasteiger partial charge < -0.3 is 15.3 Å². The molecule has 0 bridgehead atoms. The highest BCUT2D eigenvalue weighted by atomic mass is 16.4. The van der Waals surface area contributed by atoms with Crippen LogP contribution in [0.15, 0.2) is 24.3 Å². The lowest BCUT2D eigenvalue weighted by atomic mass is 9.90. The minimum Gasteiger partial charge on any atom is -0.480 e. The molecule has 0 saturated heterocycles. The largest absolute Gasteiger partial charge is 0.480 e. The van der Waals surface area contributed by atoms with Gasteiger partial charge in [-0.05, 0) is 18.1 Å². The monoisotopic (exact) mass is 262 g/mol. The lowest BCUT2D eigenvalue weighted by Crippen LogP contribution is -2.43. The Balaban J connectivity index is 2.22. The maximum absolute atomic E-state index is 12.5. The molecule has 0 radical (unpaired) electrons. The zero-order valence-electron chi connectivity index (χ0n) is 10.9. The van der Waals surface area contributed by atoms with Gasteiger partial charge in [0, 0.05) is 19.6 Å². The van der Waals surface area contributed by atoms with Crippen LogP contribution in [0.1, 0.15) is 24.0 Å². The van der Waals surface area contributed by atoms with Crippen molar-refractivity contribution in [2.75, 3.05) is 19.6 Å². The zero-order chi connectivity index (χ0) is 13.8. The topological polar surface area (TPSA) is 69.6 Å². The maximum Gasteiger partial charge on any atom is 0.323 e. The Labute approximate surface area is 112 Å². The van der Waals surface area contributed by atoms with E-state index >= 15 is 0 Å². The Morgan fingerprint density at radius 2 is 2.16 bits per heavy atom. The molecule has 0 aromatic heterocycles. The maximum atomic E-state index is 12.5. The number of carboxylic acid groups (broad SMARTS) is 1. The van der Waals surface area contributed by atoms with Crippen molar-refractivity contribution in [3.8, 4) is 0 Å². The number of hydrogen-bond acceptors (Lipinski definition) is 3. The summed E-state index contributed by atoms with van der Waals surface area (Å²) in [5.74, 6) is -1.39. The van der Waals surface area contributed by atoms with Crippen LogP contribution in [0.25, 0.3) is 0 Å². The molecule has 1 amide bonds. The summed E-state index contributed by atoms with van der Waals surface area (Å²) in [5, 5.41) is 12.1. The van der Waals surface area contributed by atoms with Crippen molar-refractivity contribution in [2.24, 2.45) is 0 Å². The summed E-state index contributed by atoms with van der Waals surface area (Å²) >= 11 is 0. The highest BCUT2D eigenvalue weighted by molar-refractivity contribution is 5.87. The number of amides is 1. The number of likely N-dealkylation sites (N-methyl/N-ethyl adjacent to an activating group) is 1. The molecule has 0 fully saturated rings. The second kappa shape index (κ2) is 5.84. The van der Waals surface area contributed by atoms with Crippen molar-refractivity contribution in [3.05, 3.63) is 35.4 Å². The van der Waals surface area contributed by atoms with E-state index in [1.165, 1.54) is 4.90 Å². The normalized spacial score (nSPS) is 17.6. The highest BCUT2D eigenvalue weighted by Crippen LogP contribution is 2.25. The Morgan fingerprint density at radius 1 is 1.42 bits per heavy atom. The van der Waals surface area contributed by atoms with E-state index in [0.29, 0.717) is 13.1 Å². The average Bonchev–Trinajstić information content (AvgIpc) is 2.43. The van der Waals surface area contributed by atoms with Crippen LogP contribution < -0.4 is 5.32 Å². The minimum absolute atomic E-state index is 0.121. The van der Waals surface area contributed by atoms with E-state index in [0.717, 1.165) is 17.7 Å². The first-order chi connectivity index (χ1) is 9.13. The third-order valence-electron chi connectivity index (χ3n) is 3.41. The van der Waals surface area contributed by atoms with Crippen molar-refractivity contribution in [1.29, 1.82) is 0 Å². The molecule has 2 N–H and O–H groups in total. The summed E-state index contributed by atoms with van der Waals surface area (Å²) < 4.78 is 0. The van der Waals surface area contributed by atoms with Gasteiger partial charge in [-0.3, -0.25) is 9.59 Å². The number of fused-ring (bicyclic) bond motifs is 1. The molecular weight excluding hydrogens is 244 g/mol. The quantitative estimate of drug-likeness (QED) is 0.842. The first-order valence-corrected chi connectivity index (χ1v) is 6.42. The van der Waals surface area contributed by atoms with Crippen LogP contribution in [0.2, 0.25) is 0 Å². The smallest absolute Gasteiger partial charge is 0.323 e. The molecule has 1 unspecified atom stereocenters. The predicted octanol–water partition coefficient (Wildman–Crippen LogP) is 0.806. The van der Waals surface area contributed by atoms with Gasteiger partial charge in [0.05, 0.1) is 5.92 Å². The third-order valence-corrected chi connectivity index (χ3v) is 3.41. The number of carbonyl (C=O) groups excluding carboxylic acids is 1. The number of benzene rings is 1. The van der Waals surface area contributed by atoms with Crippen molar-refractivity contribution < 1.29 is 14.7 Å². The summed E-state index contributed by atoms with van der Waals surface area (Å²) in [6.45, 7) is 3.28. The fraction of sp³-hybridized carbons (Fsp3) is 0.429. The molecule has 0 spiro atoms. The molecule has 102 valence electrons. The Hall–Kier alpha value is -1.88. The van der Waals surface area contributed by atoms with Crippen LogP contribution in [-0.4, -0.2) is 41.5 Å². The molecule has 1 aliphatic rings. The molecule has 0 aliphatic carbocycles. The molecular formula is C14H18N2O3. The Bertz CT molecular complexity index is 487. The van der Waals surface area contributed by atoms with E-state index in [1.54, 1.807) is 6.92 Å². The summed E-state index contributed by atoms with van der Waals surface area (Å²) in [5.41, 5.74) is 2.12. The van der Waals surface area contributed by atoms with Crippen LogP contribution in [0, 0.1) is 0 Å². The first-order valence-electron chi connectivity index (χ1n) is 6.42. The minimum atomic E-state index is -0.979. The van der Waals surface area contributed by atoms with Crippen LogP contribution in [0.5, 0.6) is 0 Å². The van der Waals surface area contributed by atoms with E-state index < -0.39 is 5.97 Å². The van der Waals surface area contributed by atoms with Gasteiger partial charge in [-0.1, -0.05) is 24.3 Å². The summed E-state index contributed by atoms with van der Waals surface area (Å²) in [4.78, 5) is 24.6. The lowest BCUT2D eigenvalue weighted by Gasteiger charge is -2.29. The molecule has 2 rings (SSSR count). The summed E-state index contributed by atoms with van der Waals surface area (Å²) in [6.07, 6.45) is 0. The number of hydrogen-bond donors (Lipinski definition) is 2. The number of aliphatic carboxylic acids is 1. The molecule has 1 aromatic carbocycles. The third kappa shape index (κ3) is 2.93. The molecule has 0 saturated carbocycles. The number of carboxylic acids is 1. The van der Waals surface area contributed by atoms with E-state index in [2.05, 4.69) is 5.32 Å². The number of nitrogens with one attached hydrogen (secondary N) is 1. The zero-order valence-corrected chi connectivity index (χ0v) is 10.9. The van der Waals surface area contributed by atoms with E-state index in [-0.39, 0.29) is 18.4 Å². The second-order valence-electron chi connectivity index (χ2n) is 4.63. The molecule has 19 heavy (non-hydrogen) atoms. The number of rotatable bonds is 4. The summed E-state index contributed by atoms with van der Waals surface area (Å²) in [6, 6.07) is 7.81. The van der Waals surface area contributed by atoms with Gasteiger partial charge in [0.2, 0.25) is 5.91 Å². The van der Waals surface area contributed by atoms with Crippen molar-refractivity contribution >= 4 is 11.9 Å². The van der Waals surface area contributed by atoms with Gasteiger partial charge in [0.1, 0.15) is 6.54 Å². The van der Waals surface area contributed by atoms with Crippen molar-refractivity contribution in [1.82, 2.24) is 10.2 Å². The highest BCUT2D eigenvalue weighted by Gasteiger charge is 2.29. The van der Waals surface area contributed by atoms with Crippen LogP contribution in [0.3, 0.4) is 0 Å². The summed E-state index contributed by atoms with van der Waals surface area (Å²) in [7, 11) is 0. The average molecular weight is 262 g/mol. The van der Waals surface area contributed by atoms with Gasteiger partial charge in [-0.15, -0.1) is 0 Å². The van der Waals surface area contributed by atoms with Crippen LogP contribution >= 0.6 is 0 Å². The van der Waals surface area contributed by atoms with E-state index in [4.69, 9.17) is 5.11 Å². The van der Waals surface area contributed by atoms with Crippen molar-refractivity contribution in [3.63, 3.8) is 0 Å². The fourth-order valence-electron chi connectivity index (χ4n) is 2.45. The van der Waals surface area contributed by atoms with Gasteiger partial charge in [-0.2, -0.15) is 0 Å². The van der Waals surface area contributed by atoms with Gasteiger partial charge in [-0.25, -0.2) is 0 Å². The van der Waals surface area contributed by atoms with Crippen molar-refractivity contribution in [2.45, 2.75) is 19.4 Å².